The van der Waals surface area contributed by atoms with Gasteiger partial charge in [0.15, 0.2) is 0 Å². The quantitative estimate of drug-likeness (QED) is 0.450. The molecule has 25 heavy (non-hydrogen) atoms. The molecule has 1 rings (SSSR count). The fourth-order valence-electron chi connectivity index (χ4n) is 3.66. The van der Waals surface area contributed by atoms with Gasteiger partial charge >= 0.3 is 0 Å². The molecule has 0 aliphatic heterocycles. The van der Waals surface area contributed by atoms with E-state index < -0.39 is 0 Å². The van der Waals surface area contributed by atoms with Gasteiger partial charge in [-0.2, -0.15) is 0 Å². The molecule has 0 amide bonds. The monoisotopic (exact) mass is 344 g/mol. The molecule has 0 radical (unpaired) electrons. The van der Waals surface area contributed by atoms with Crippen molar-refractivity contribution in [1.29, 1.82) is 0 Å². The molecule has 0 fully saturated rings. The number of aryl methyl sites for hydroxylation is 1. The molecule has 0 bridgehead atoms. The summed E-state index contributed by atoms with van der Waals surface area (Å²) in [6, 6.07) is 5.07. The van der Waals surface area contributed by atoms with E-state index in [0.717, 1.165) is 25.9 Å². The molecular weight excluding hydrogens is 304 g/mol. The van der Waals surface area contributed by atoms with Crippen molar-refractivity contribution >= 4 is 11.4 Å². The van der Waals surface area contributed by atoms with Gasteiger partial charge in [-0.1, -0.05) is 59.2 Å². The summed E-state index contributed by atoms with van der Waals surface area (Å²) in [5, 5.41) is 3.86. The Labute approximate surface area is 156 Å². The molecule has 0 aliphatic rings. The molecule has 2 heteroatoms. The molecule has 0 heterocycles. The third-order valence-corrected chi connectivity index (χ3v) is 4.98. The molecule has 142 valence electrons. The van der Waals surface area contributed by atoms with Crippen molar-refractivity contribution < 1.29 is 0 Å². The van der Waals surface area contributed by atoms with E-state index >= 15 is 0 Å². The Balaban J connectivity index is 3.13. The summed E-state index contributed by atoms with van der Waals surface area (Å²) in [4.78, 5) is 2.44. The lowest BCUT2D eigenvalue weighted by molar-refractivity contribution is 0.396. The van der Waals surface area contributed by atoms with Crippen LogP contribution in [0.4, 0.5) is 5.69 Å². The second-order valence-electron chi connectivity index (χ2n) is 7.28. The van der Waals surface area contributed by atoms with E-state index in [1.54, 1.807) is 0 Å². The maximum atomic E-state index is 4.44. The summed E-state index contributed by atoms with van der Waals surface area (Å²) >= 11 is 0. The van der Waals surface area contributed by atoms with E-state index in [1.807, 2.05) is 0 Å². The maximum Gasteiger partial charge on any atom is 0.0408 e. The minimum Gasteiger partial charge on any atom is -0.382 e. The van der Waals surface area contributed by atoms with Gasteiger partial charge in [-0.3, -0.25) is 0 Å². The molecule has 0 atom stereocenters. The van der Waals surface area contributed by atoms with E-state index in [-0.39, 0.29) is 0 Å². The first kappa shape index (κ1) is 21.6. The van der Waals surface area contributed by atoms with Crippen molar-refractivity contribution in [1.82, 2.24) is 4.90 Å². The Morgan fingerprint density at radius 1 is 0.960 bits per heavy atom. The summed E-state index contributed by atoms with van der Waals surface area (Å²) < 4.78 is 0. The second kappa shape index (κ2) is 11.2. The van der Waals surface area contributed by atoms with E-state index in [4.69, 9.17) is 0 Å². The fourth-order valence-corrected chi connectivity index (χ4v) is 3.66. The normalized spacial score (nSPS) is 11.0. The highest BCUT2D eigenvalue weighted by Gasteiger charge is 2.16. The van der Waals surface area contributed by atoms with Gasteiger partial charge < -0.3 is 10.2 Å². The van der Waals surface area contributed by atoms with Gasteiger partial charge in [0.25, 0.3) is 0 Å². The molecule has 1 N–H and O–H groups in total. The van der Waals surface area contributed by atoms with Crippen molar-refractivity contribution in [2.75, 3.05) is 18.4 Å². The Kier molecular flexibility index (Phi) is 9.70. The highest BCUT2D eigenvalue weighted by atomic mass is 15.1. The molecule has 0 spiro atoms. The molecule has 0 saturated carbocycles. The number of benzene rings is 1. The van der Waals surface area contributed by atoms with Crippen LogP contribution in [0.5, 0.6) is 0 Å². The first-order chi connectivity index (χ1) is 12.0. The number of rotatable bonds is 12. The Bertz CT molecular complexity index is 521. The Morgan fingerprint density at radius 3 is 2.00 bits per heavy atom. The largest absolute Gasteiger partial charge is 0.382 e. The Morgan fingerprint density at radius 2 is 1.52 bits per heavy atom. The van der Waals surface area contributed by atoms with Gasteiger partial charge in [0, 0.05) is 36.1 Å². The van der Waals surface area contributed by atoms with E-state index in [0.29, 0.717) is 6.04 Å². The second-order valence-corrected chi connectivity index (χ2v) is 7.28. The van der Waals surface area contributed by atoms with Crippen LogP contribution in [-0.2, 0) is 0 Å². The van der Waals surface area contributed by atoms with Crippen molar-refractivity contribution in [3.8, 4) is 0 Å². The molecule has 0 aliphatic carbocycles. The highest BCUT2D eigenvalue weighted by Crippen LogP contribution is 2.31. The lowest BCUT2D eigenvalue weighted by Gasteiger charge is -2.29. The lowest BCUT2D eigenvalue weighted by Crippen LogP contribution is -2.24. The van der Waals surface area contributed by atoms with E-state index in [2.05, 4.69) is 70.5 Å². The predicted octanol–water partition coefficient (Wildman–Crippen LogP) is 6.78. The summed E-state index contributed by atoms with van der Waals surface area (Å²) in [5.41, 5.74) is 6.47. The van der Waals surface area contributed by atoms with Crippen LogP contribution in [-0.4, -0.2) is 24.0 Å². The smallest absolute Gasteiger partial charge is 0.0408 e. The summed E-state index contributed by atoms with van der Waals surface area (Å²) in [5.74, 6) is 0. The lowest BCUT2D eigenvalue weighted by atomic mass is 9.98. The summed E-state index contributed by atoms with van der Waals surface area (Å²) in [7, 11) is 0. The molecule has 0 unspecified atom stereocenters. The average Bonchev–Trinajstić information content (AvgIpc) is 2.58. The van der Waals surface area contributed by atoms with Gasteiger partial charge in [-0.05, 0) is 50.7 Å². The number of hydrogen-bond donors (Lipinski definition) is 1. The maximum absolute atomic E-state index is 4.44. The molecule has 0 aromatic heterocycles. The van der Waals surface area contributed by atoms with Crippen molar-refractivity contribution in [2.24, 2.45) is 0 Å². The average molecular weight is 345 g/mol. The van der Waals surface area contributed by atoms with Crippen LogP contribution in [0, 0.1) is 13.8 Å². The molecular formula is C23H40N2. The van der Waals surface area contributed by atoms with Crippen LogP contribution >= 0.6 is 0 Å². The van der Waals surface area contributed by atoms with Gasteiger partial charge in [0.05, 0.1) is 0 Å². The third kappa shape index (κ3) is 6.09. The third-order valence-electron chi connectivity index (χ3n) is 4.98. The van der Waals surface area contributed by atoms with Gasteiger partial charge in [-0.25, -0.2) is 0 Å². The van der Waals surface area contributed by atoms with E-state index in [1.165, 1.54) is 53.8 Å². The minimum absolute atomic E-state index is 0.568. The SMILES string of the molecule is C=C(c1ccc(C)c(NC(CCC)CCC)c1C)N(CCC)CCC. The molecule has 2 nitrogen and oxygen atoms in total. The zero-order chi connectivity index (χ0) is 18.8. The van der Waals surface area contributed by atoms with Crippen LogP contribution in [0.3, 0.4) is 0 Å². The standard InChI is InChI=1S/C23H40N2/c1-8-12-21(13-9-2)24-23-18(5)14-15-22(19(23)6)20(7)25(16-10-3)17-11-4/h14-15,21,24H,7-13,16-17H2,1-6H3. The number of nitrogens with zero attached hydrogens (tertiary/aromatic N) is 1. The molecule has 1 aromatic carbocycles. The van der Waals surface area contributed by atoms with Gasteiger partial charge in [0.2, 0.25) is 0 Å². The molecule has 1 aromatic rings. The van der Waals surface area contributed by atoms with E-state index in [9.17, 15) is 0 Å². The predicted molar refractivity (Wildman–Crippen MR) is 114 cm³/mol. The van der Waals surface area contributed by atoms with Crippen molar-refractivity contribution in [3.63, 3.8) is 0 Å². The molecule has 0 saturated heterocycles. The fraction of sp³-hybridized carbons (Fsp3) is 0.652. The van der Waals surface area contributed by atoms with Gasteiger partial charge in [0.1, 0.15) is 0 Å². The number of nitrogens with one attached hydrogen (secondary N) is 1. The van der Waals surface area contributed by atoms with Crippen LogP contribution < -0.4 is 5.32 Å². The van der Waals surface area contributed by atoms with Gasteiger partial charge in [-0.15, -0.1) is 0 Å². The zero-order valence-electron chi connectivity index (χ0n) is 17.5. The van der Waals surface area contributed by atoms with Crippen molar-refractivity contribution in [2.45, 2.75) is 86.1 Å². The first-order valence-corrected chi connectivity index (χ1v) is 10.3. The van der Waals surface area contributed by atoms with Crippen LogP contribution in [0.1, 0.15) is 82.9 Å². The first-order valence-electron chi connectivity index (χ1n) is 10.3. The minimum atomic E-state index is 0.568. The summed E-state index contributed by atoms with van der Waals surface area (Å²) in [6.45, 7) is 20.1. The zero-order valence-corrected chi connectivity index (χ0v) is 17.5. The Hall–Kier alpha value is -1.44. The number of hydrogen-bond acceptors (Lipinski definition) is 2. The highest BCUT2D eigenvalue weighted by molar-refractivity contribution is 5.73. The van der Waals surface area contributed by atoms with Crippen LogP contribution in [0.2, 0.25) is 0 Å². The van der Waals surface area contributed by atoms with Crippen LogP contribution in [0.25, 0.3) is 5.70 Å². The summed E-state index contributed by atoms with van der Waals surface area (Å²) in [6.07, 6.45) is 7.23. The topological polar surface area (TPSA) is 15.3 Å². The number of anilines is 1. The van der Waals surface area contributed by atoms with Crippen molar-refractivity contribution in [3.05, 3.63) is 35.4 Å². The van der Waals surface area contributed by atoms with Crippen LogP contribution in [0.15, 0.2) is 18.7 Å².